The summed E-state index contributed by atoms with van der Waals surface area (Å²) in [5.41, 5.74) is 0.281. The Bertz CT molecular complexity index is 416. The fourth-order valence-electron chi connectivity index (χ4n) is 2.11. The van der Waals surface area contributed by atoms with E-state index in [-0.39, 0.29) is 23.3 Å². The van der Waals surface area contributed by atoms with E-state index < -0.39 is 0 Å². The molecule has 1 aromatic rings. The highest BCUT2D eigenvalue weighted by Gasteiger charge is 2.21. The topological polar surface area (TPSA) is 62.7 Å². The van der Waals surface area contributed by atoms with Crippen molar-refractivity contribution in [1.29, 1.82) is 0 Å². The SMILES string of the molecule is CN(CC1CCCCO1)C(=O)c1ccncc1O. The number of carbonyl (C=O) groups excluding carboxylic acids is 1. The molecule has 5 nitrogen and oxygen atoms in total. The highest BCUT2D eigenvalue weighted by Crippen LogP contribution is 2.18. The van der Waals surface area contributed by atoms with Crippen molar-refractivity contribution in [2.45, 2.75) is 25.4 Å². The third-order valence-corrected chi connectivity index (χ3v) is 3.13. The Balaban J connectivity index is 1.98. The van der Waals surface area contributed by atoms with Gasteiger partial charge in [-0.1, -0.05) is 0 Å². The minimum Gasteiger partial charge on any atom is -0.505 e. The molecule has 5 heteroatoms. The van der Waals surface area contributed by atoms with Crippen molar-refractivity contribution in [3.8, 4) is 5.75 Å². The molecule has 2 heterocycles. The summed E-state index contributed by atoms with van der Waals surface area (Å²) in [5, 5.41) is 9.59. The number of likely N-dealkylation sites (N-methyl/N-ethyl adjacent to an activating group) is 1. The lowest BCUT2D eigenvalue weighted by atomic mass is 10.1. The molecule has 1 aliphatic heterocycles. The van der Waals surface area contributed by atoms with Crippen LogP contribution in [0, 0.1) is 0 Å². The monoisotopic (exact) mass is 250 g/mol. The Labute approximate surface area is 106 Å². The van der Waals surface area contributed by atoms with Crippen LogP contribution >= 0.6 is 0 Å². The van der Waals surface area contributed by atoms with Crippen molar-refractivity contribution in [3.63, 3.8) is 0 Å². The van der Waals surface area contributed by atoms with E-state index in [1.165, 1.54) is 18.5 Å². The summed E-state index contributed by atoms with van der Waals surface area (Å²) in [7, 11) is 1.72. The lowest BCUT2D eigenvalue weighted by molar-refractivity contribution is -0.000242. The normalized spacial score (nSPS) is 19.5. The standard InChI is InChI=1S/C13H18N2O3/c1-15(9-10-4-2-3-7-18-10)13(17)11-5-6-14-8-12(11)16/h5-6,8,10,16H,2-4,7,9H2,1H3. The Morgan fingerprint density at radius 1 is 1.61 bits per heavy atom. The molecule has 0 bridgehead atoms. The Morgan fingerprint density at radius 3 is 3.11 bits per heavy atom. The minimum absolute atomic E-state index is 0.0843. The number of nitrogens with zero attached hydrogens (tertiary/aromatic N) is 2. The number of pyridine rings is 1. The van der Waals surface area contributed by atoms with Gasteiger partial charge in [-0.25, -0.2) is 0 Å². The average Bonchev–Trinajstić information content (AvgIpc) is 2.39. The van der Waals surface area contributed by atoms with Gasteiger partial charge in [0, 0.05) is 26.4 Å². The summed E-state index contributed by atoms with van der Waals surface area (Å²) in [6.07, 6.45) is 6.11. The van der Waals surface area contributed by atoms with Crippen molar-refractivity contribution in [2.24, 2.45) is 0 Å². The minimum atomic E-state index is -0.205. The summed E-state index contributed by atoms with van der Waals surface area (Å²) in [4.78, 5) is 17.5. The summed E-state index contributed by atoms with van der Waals surface area (Å²) >= 11 is 0. The van der Waals surface area contributed by atoms with E-state index in [1.54, 1.807) is 11.9 Å². The number of amides is 1. The van der Waals surface area contributed by atoms with Gasteiger partial charge in [0.05, 0.1) is 17.9 Å². The molecule has 0 saturated carbocycles. The van der Waals surface area contributed by atoms with E-state index in [9.17, 15) is 9.90 Å². The molecule has 0 aliphatic carbocycles. The van der Waals surface area contributed by atoms with Crippen LogP contribution in [-0.2, 0) is 4.74 Å². The van der Waals surface area contributed by atoms with Gasteiger partial charge in [0.25, 0.3) is 5.91 Å². The molecule has 1 unspecified atom stereocenters. The maximum Gasteiger partial charge on any atom is 0.257 e. The van der Waals surface area contributed by atoms with Crippen LogP contribution in [0.3, 0.4) is 0 Å². The maximum atomic E-state index is 12.1. The second kappa shape index (κ2) is 5.82. The van der Waals surface area contributed by atoms with Gasteiger partial charge < -0.3 is 14.7 Å². The molecule has 1 aromatic heterocycles. The summed E-state index contributed by atoms with van der Waals surface area (Å²) in [6, 6.07) is 1.52. The predicted molar refractivity (Wildman–Crippen MR) is 66.5 cm³/mol. The molecular weight excluding hydrogens is 232 g/mol. The van der Waals surface area contributed by atoms with Gasteiger partial charge in [-0.2, -0.15) is 0 Å². The van der Waals surface area contributed by atoms with Crippen molar-refractivity contribution in [2.75, 3.05) is 20.2 Å². The third-order valence-electron chi connectivity index (χ3n) is 3.13. The zero-order valence-corrected chi connectivity index (χ0v) is 10.5. The van der Waals surface area contributed by atoms with E-state index in [2.05, 4.69) is 4.98 Å². The van der Waals surface area contributed by atoms with Crippen molar-refractivity contribution >= 4 is 5.91 Å². The molecule has 1 aliphatic rings. The summed E-state index contributed by atoms with van der Waals surface area (Å²) < 4.78 is 5.60. The molecule has 1 saturated heterocycles. The van der Waals surface area contributed by atoms with E-state index in [0.717, 1.165) is 25.9 Å². The van der Waals surface area contributed by atoms with E-state index in [0.29, 0.717) is 6.54 Å². The highest BCUT2D eigenvalue weighted by atomic mass is 16.5. The highest BCUT2D eigenvalue weighted by molar-refractivity contribution is 5.96. The zero-order chi connectivity index (χ0) is 13.0. The Morgan fingerprint density at radius 2 is 2.44 bits per heavy atom. The first-order valence-electron chi connectivity index (χ1n) is 6.18. The van der Waals surface area contributed by atoms with Gasteiger partial charge in [0.15, 0.2) is 0 Å². The van der Waals surface area contributed by atoms with Gasteiger partial charge in [-0.3, -0.25) is 9.78 Å². The number of aromatic nitrogens is 1. The van der Waals surface area contributed by atoms with Crippen LogP contribution in [0.2, 0.25) is 0 Å². The zero-order valence-electron chi connectivity index (χ0n) is 10.5. The molecule has 0 aromatic carbocycles. The van der Waals surface area contributed by atoms with Gasteiger partial charge in [0.1, 0.15) is 5.75 Å². The van der Waals surface area contributed by atoms with Crippen LogP contribution in [0.15, 0.2) is 18.5 Å². The lowest BCUT2D eigenvalue weighted by Crippen LogP contribution is -2.37. The van der Waals surface area contributed by atoms with Crippen LogP contribution in [-0.4, -0.2) is 47.2 Å². The molecule has 1 N–H and O–H groups in total. The smallest absolute Gasteiger partial charge is 0.257 e. The number of aromatic hydroxyl groups is 1. The molecule has 0 spiro atoms. The predicted octanol–water partition coefficient (Wildman–Crippen LogP) is 1.43. The number of rotatable bonds is 3. The first-order chi connectivity index (χ1) is 8.68. The molecule has 0 radical (unpaired) electrons. The fourth-order valence-corrected chi connectivity index (χ4v) is 2.11. The van der Waals surface area contributed by atoms with Crippen LogP contribution in [0.25, 0.3) is 0 Å². The Kier molecular flexibility index (Phi) is 4.15. The maximum absolute atomic E-state index is 12.1. The van der Waals surface area contributed by atoms with Crippen molar-refractivity contribution in [1.82, 2.24) is 9.88 Å². The van der Waals surface area contributed by atoms with Crippen LogP contribution in [0.4, 0.5) is 0 Å². The van der Waals surface area contributed by atoms with Crippen LogP contribution < -0.4 is 0 Å². The molecule has 18 heavy (non-hydrogen) atoms. The van der Waals surface area contributed by atoms with Crippen LogP contribution in [0.1, 0.15) is 29.6 Å². The first kappa shape index (κ1) is 12.8. The molecule has 1 atom stereocenters. The number of ether oxygens (including phenoxy) is 1. The van der Waals surface area contributed by atoms with Crippen molar-refractivity contribution < 1.29 is 14.6 Å². The molecular formula is C13H18N2O3. The quantitative estimate of drug-likeness (QED) is 0.881. The molecule has 1 fully saturated rings. The number of hydrogen-bond donors (Lipinski definition) is 1. The first-order valence-corrected chi connectivity index (χ1v) is 6.18. The van der Waals surface area contributed by atoms with Gasteiger partial charge in [0.2, 0.25) is 0 Å². The van der Waals surface area contributed by atoms with Gasteiger partial charge in [-0.05, 0) is 25.3 Å². The van der Waals surface area contributed by atoms with Crippen LogP contribution in [0.5, 0.6) is 5.75 Å². The molecule has 98 valence electrons. The lowest BCUT2D eigenvalue weighted by Gasteiger charge is -2.27. The van der Waals surface area contributed by atoms with Gasteiger partial charge >= 0.3 is 0 Å². The number of hydrogen-bond acceptors (Lipinski definition) is 4. The summed E-state index contributed by atoms with van der Waals surface area (Å²) in [6.45, 7) is 1.33. The Hall–Kier alpha value is -1.62. The molecule has 2 rings (SSSR count). The van der Waals surface area contributed by atoms with Crippen molar-refractivity contribution in [3.05, 3.63) is 24.0 Å². The van der Waals surface area contributed by atoms with E-state index in [1.807, 2.05) is 0 Å². The summed E-state index contributed by atoms with van der Waals surface area (Å²) in [5.74, 6) is -0.289. The van der Waals surface area contributed by atoms with E-state index >= 15 is 0 Å². The third kappa shape index (κ3) is 2.98. The van der Waals surface area contributed by atoms with Gasteiger partial charge in [-0.15, -0.1) is 0 Å². The largest absolute Gasteiger partial charge is 0.505 e. The number of carbonyl (C=O) groups is 1. The fraction of sp³-hybridized carbons (Fsp3) is 0.538. The second-order valence-corrected chi connectivity index (χ2v) is 4.57. The molecule has 1 amide bonds. The van der Waals surface area contributed by atoms with E-state index in [4.69, 9.17) is 4.74 Å². The average molecular weight is 250 g/mol. The second-order valence-electron chi connectivity index (χ2n) is 4.57.